The molecule has 25 heavy (non-hydrogen) atoms. The molecule has 0 saturated heterocycles. The second-order valence-corrected chi connectivity index (χ2v) is 5.98. The lowest BCUT2D eigenvalue weighted by Crippen LogP contribution is -2.17. The van der Waals surface area contributed by atoms with Crippen LogP contribution in [0.15, 0.2) is 48.5 Å². The zero-order valence-corrected chi connectivity index (χ0v) is 15.2. The van der Waals surface area contributed by atoms with E-state index in [1.54, 1.807) is 0 Å². The van der Waals surface area contributed by atoms with Crippen LogP contribution in [0.1, 0.15) is 37.8 Å². The van der Waals surface area contributed by atoms with Crippen LogP contribution >= 0.6 is 0 Å². The van der Waals surface area contributed by atoms with Crippen molar-refractivity contribution in [2.24, 2.45) is 0 Å². The largest absolute Gasteiger partial charge is 0.494 e. The molecular weight excluding hydrogens is 312 g/mol. The number of carbonyl (C=O) groups excluding carboxylic acids is 1. The van der Waals surface area contributed by atoms with Crippen molar-refractivity contribution in [3.8, 4) is 5.75 Å². The van der Waals surface area contributed by atoms with Crippen molar-refractivity contribution >= 4 is 11.6 Å². The molecule has 4 heteroatoms. The van der Waals surface area contributed by atoms with Crippen molar-refractivity contribution in [1.29, 1.82) is 0 Å². The monoisotopic (exact) mass is 340 g/mol. The Hall–Kier alpha value is -2.33. The fourth-order valence-corrected chi connectivity index (χ4v) is 2.50. The summed E-state index contributed by atoms with van der Waals surface area (Å²) in [5.74, 6) is 0.919. The Balaban J connectivity index is 1.84. The van der Waals surface area contributed by atoms with Gasteiger partial charge >= 0.3 is 0 Å². The van der Waals surface area contributed by atoms with Crippen LogP contribution in [0.25, 0.3) is 0 Å². The van der Waals surface area contributed by atoms with E-state index < -0.39 is 0 Å². The minimum atomic E-state index is 0.0373. The second-order valence-electron chi connectivity index (χ2n) is 5.98. The molecule has 0 bridgehead atoms. The van der Waals surface area contributed by atoms with E-state index in [0.29, 0.717) is 6.42 Å². The summed E-state index contributed by atoms with van der Waals surface area (Å²) in [5.41, 5.74) is 3.13. The third-order valence-corrected chi connectivity index (χ3v) is 3.89. The Kier molecular flexibility index (Phi) is 7.99. The SMILES string of the molecule is CCCOc1ccc(CCC(=O)Nc2ccccc2CNCC)cc1. The molecule has 0 aliphatic carbocycles. The number of benzene rings is 2. The molecule has 0 spiro atoms. The predicted octanol–water partition coefficient (Wildman–Crippen LogP) is 4.16. The number of carbonyl (C=O) groups is 1. The second kappa shape index (κ2) is 10.5. The van der Waals surface area contributed by atoms with Crippen LogP contribution in [0.5, 0.6) is 5.75 Å². The van der Waals surface area contributed by atoms with Gasteiger partial charge in [-0.15, -0.1) is 0 Å². The molecule has 0 aliphatic heterocycles. The quantitative estimate of drug-likeness (QED) is 0.683. The van der Waals surface area contributed by atoms with Crippen LogP contribution in [0.3, 0.4) is 0 Å². The fourth-order valence-electron chi connectivity index (χ4n) is 2.50. The third kappa shape index (κ3) is 6.59. The first-order valence-corrected chi connectivity index (χ1v) is 9.03. The smallest absolute Gasteiger partial charge is 0.224 e. The summed E-state index contributed by atoms with van der Waals surface area (Å²) in [4.78, 5) is 12.3. The highest BCUT2D eigenvalue weighted by atomic mass is 16.5. The molecule has 0 radical (unpaired) electrons. The molecule has 0 aliphatic rings. The molecule has 2 aromatic rings. The van der Waals surface area contributed by atoms with Gasteiger partial charge in [-0.2, -0.15) is 0 Å². The molecule has 0 heterocycles. The highest BCUT2D eigenvalue weighted by molar-refractivity contribution is 5.91. The van der Waals surface area contributed by atoms with E-state index in [0.717, 1.165) is 55.1 Å². The third-order valence-electron chi connectivity index (χ3n) is 3.89. The van der Waals surface area contributed by atoms with Gasteiger partial charge in [0.25, 0.3) is 0 Å². The Morgan fingerprint density at radius 2 is 1.80 bits per heavy atom. The molecule has 2 aromatic carbocycles. The van der Waals surface area contributed by atoms with Crippen molar-refractivity contribution in [3.05, 3.63) is 59.7 Å². The Morgan fingerprint density at radius 3 is 2.52 bits per heavy atom. The molecule has 1 amide bonds. The van der Waals surface area contributed by atoms with Gasteiger partial charge in [0.1, 0.15) is 5.75 Å². The van der Waals surface area contributed by atoms with Crippen LogP contribution in [-0.2, 0) is 17.8 Å². The Bertz CT molecular complexity index is 653. The zero-order valence-electron chi connectivity index (χ0n) is 15.2. The number of hydrogen-bond acceptors (Lipinski definition) is 3. The molecule has 0 atom stereocenters. The molecule has 0 aromatic heterocycles. The average molecular weight is 340 g/mol. The summed E-state index contributed by atoms with van der Waals surface area (Å²) in [7, 11) is 0. The Labute approximate surface area is 150 Å². The van der Waals surface area contributed by atoms with Gasteiger partial charge in [0.2, 0.25) is 5.91 Å². The van der Waals surface area contributed by atoms with Crippen molar-refractivity contribution in [3.63, 3.8) is 0 Å². The van der Waals surface area contributed by atoms with E-state index in [9.17, 15) is 4.79 Å². The lowest BCUT2D eigenvalue weighted by molar-refractivity contribution is -0.116. The summed E-state index contributed by atoms with van der Waals surface area (Å²) < 4.78 is 5.57. The van der Waals surface area contributed by atoms with E-state index in [2.05, 4.69) is 24.5 Å². The zero-order chi connectivity index (χ0) is 17.9. The molecule has 2 rings (SSSR count). The van der Waals surface area contributed by atoms with Gasteiger partial charge in [-0.25, -0.2) is 0 Å². The number of hydrogen-bond donors (Lipinski definition) is 2. The number of amides is 1. The lowest BCUT2D eigenvalue weighted by atomic mass is 10.1. The Morgan fingerprint density at radius 1 is 1.04 bits per heavy atom. The van der Waals surface area contributed by atoms with Gasteiger partial charge in [0.05, 0.1) is 6.61 Å². The summed E-state index contributed by atoms with van der Waals surface area (Å²) in [6.45, 7) is 6.55. The van der Waals surface area contributed by atoms with Gasteiger partial charge < -0.3 is 15.4 Å². The highest BCUT2D eigenvalue weighted by Gasteiger charge is 2.07. The number of anilines is 1. The molecule has 134 valence electrons. The predicted molar refractivity (Wildman–Crippen MR) is 103 cm³/mol. The van der Waals surface area contributed by atoms with Crippen LogP contribution < -0.4 is 15.4 Å². The average Bonchev–Trinajstić information content (AvgIpc) is 2.65. The maximum Gasteiger partial charge on any atom is 0.224 e. The molecule has 0 saturated carbocycles. The van der Waals surface area contributed by atoms with Gasteiger partial charge in [-0.05, 0) is 48.7 Å². The summed E-state index contributed by atoms with van der Waals surface area (Å²) >= 11 is 0. The molecular formula is C21H28N2O2. The van der Waals surface area contributed by atoms with Crippen molar-refractivity contribution < 1.29 is 9.53 Å². The fraction of sp³-hybridized carbons (Fsp3) is 0.381. The standard InChI is InChI=1S/C21H28N2O2/c1-3-15-25-19-12-9-17(10-13-19)11-14-21(24)23-20-8-6-5-7-18(20)16-22-4-2/h5-10,12-13,22H,3-4,11,14-16H2,1-2H3,(H,23,24). The number of para-hydroxylation sites is 1. The first kappa shape index (κ1) is 19.0. The highest BCUT2D eigenvalue weighted by Crippen LogP contribution is 2.17. The summed E-state index contributed by atoms with van der Waals surface area (Å²) in [6.07, 6.45) is 2.18. The van der Waals surface area contributed by atoms with Gasteiger partial charge in [-0.3, -0.25) is 4.79 Å². The number of aryl methyl sites for hydroxylation is 1. The van der Waals surface area contributed by atoms with E-state index in [4.69, 9.17) is 4.74 Å². The number of ether oxygens (including phenoxy) is 1. The molecule has 0 unspecified atom stereocenters. The summed E-state index contributed by atoms with van der Waals surface area (Å²) in [6, 6.07) is 15.9. The maximum absolute atomic E-state index is 12.3. The lowest BCUT2D eigenvalue weighted by Gasteiger charge is -2.11. The minimum absolute atomic E-state index is 0.0373. The van der Waals surface area contributed by atoms with Gasteiger partial charge in [0.15, 0.2) is 0 Å². The van der Waals surface area contributed by atoms with Crippen LogP contribution in [0.2, 0.25) is 0 Å². The maximum atomic E-state index is 12.3. The van der Waals surface area contributed by atoms with E-state index >= 15 is 0 Å². The van der Waals surface area contributed by atoms with E-state index in [1.165, 1.54) is 0 Å². The van der Waals surface area contributed by atoms with Crippen LogP contribution in [0, 0.1) is 0 Å². The van der Waals surface area contributed by atoms with Crippen molar-refractivity contribution in [2.75, 3.05) is 18.5 Å². The molecule has 4 nitrogen and oxygen atoms in total. The van der Waals surface area contributed by atoms with E-state index in [1.807, 2.05) is 48.5 Å². The first-order valence-electron chi connectivity index (χ1n) is 9.03. The summed E-state index contributed by atoms with van der Waals surface area (Å²) in [5, 5.41) is 6.32. The van der Waals surface area contributed by atoms with E-state index in [-0.39, 0.29) is 5.91 Å². The topological polar surface area (TPSA) is 50.4 Å². The number of nitrogens with one attached hydrogen (secondary N) is 2. The van der Waals surface area contributed by atoms with Crippen molar-refractivity contribution in [1.82, 2.24) is 5.32 Å². The van der Waals surface area contributed by atoms with Crippen LogP contribution in [-0.4, -0.2) is 19.1 Å². The number of rotatable bonds is 10. The van der Waals surface area contributed by atoms with Gasteiger partial charge in [0, 0.05) is 18.7 Å². The minimum Gasteiger partial charge on any atom is -0.494 e. The van der Waals surface area contributed by atoms with Crippen molar-refractivity contribution in [2.45, 2.75) is 39.7 Å². The molecule has 0 fully saturated rings. The molecule has 2 N–H and O–H groups in total. The first-order chi connectivity index (χ1) is 12.2. The van der Waals surface area contributed by atoms with Crippen LogP contribution in [0.4, 0.5) is 5.69 Å². The van der Waals surface area contributed by atoms with Gasteiger partial charge in [-0.1, -0.05) is 44.2 Å². The normalized spacial score (nSPS) is 10.5.